The number of carboxylic acids is 1. The van der Waals surface area contributed by atoms with Crippen molar-refractivity contribution in [3.8, 4) is 0 Å². The van der Waals surface area contributed by atoms with Gasteiger partial charge >= 0.3 is 5.97 Å². The normalized spacial score (nSPS) is 11.6. The number of hydrogen-bond acceptors (Lipinski definition) is 3. The number of likely N-dealkylation sites (N-methyl/N-ethyl adjacent to an activating group) is 1. The molecule has 0 aromatic heterocycles. The summed E-state index contributed by atoms with van der Waals surface area (Å²) >= 11 is 0. The summed E-state index contributed by atoms with van der Waals surface area (Å²) in [5, 5.41) is 9.22. The maximum Gasteiger partial charge on any atom is 0.336 e. The van der Waals surface area contributed by atoms with E-state index in [9.17, 15) is 14.3 Å². The van der Waals surface area contributed by atoms with E-state index in [2.05, 4.69) is 23.6 Å². The zero-order valence-electron chi connectivity index (χ0n) is 13.3. The summed E-state index contributed by atoms with van der Waals surface area (Å²) in [4.78, 5) is 15.5. The third kappa shape index (κ3) is 6.23. The monoisotopic (exact) mass is 296 g/mol. The maximum atomic E-state index is 13.4. The summed E-state index contributed by atoms with van der Waals surface area (Å²) in [6.45, 7) is 7.23. The fraction of sp³-hybridized carbons (Fsp3) is 0.562. The van der Waals surface area contributed by atoms with Crippen molar-refractivity contribution in [3.05, 3.63) is 35.1 Å². The Morgan fingerprint density at radius 2 is 1.95 bits per heavy atom. The molecule has 0 saturated carbocycles. The minimum atomic E-state index is -1.01. The van der Waals surface area contributed by atoms with Crippen LogP contribution in [0.2, 0.25) is 0 Å². The number of carboxylic acid groups (broad SMARTS) is 1. The van der Waals surface area contributed by atoms with E-state index >= 15 is 0 Å². The number of benzene rings is 1. The molecule has 1 N–H and O–H groups in total. The minimum absolute atomic E-state index is 0.176. The van der Waals surface area contributed by atoms with E-state index < -0.39 is 11.8 Å². The van der Waals surface area contributed by atoms with E-state index in [1.807, 2.05) is 14.1 Å². The van der Waals surface area contributed by atoms with Crippen LogP contribution in [0.1, 0.15) is 29.8 Å². The number of aromatic carboxylic acids is 1. The molecule has 118 valence electrons. The van der Waals surface area contributed by atoms with Crippen LogP contribution in [-0.2, 0) is 6.54 Å². The largest absolute Gasteiger partial charge is 0.478 e. The Hall–Kier alpha value is -1.46. The van der Waals surface area contributed by atoms with E-state index in [0.29, 0.717) is 18.0 Å². The molecule has 0 bridgehead atoms. The van der Waals surface area contributed by atoms with Crippen LogP contribution >= 0.6 is 0 Å². The first-order valence-corrected chi connectivity index (χ1v) is 7.18. The van der Waals surface area contributed by atoms with Crippen molar-refractivity contribution < 1.29 is 14.3 Å². The van der Waals surface area contributed by atoms with Gasteiger partial charge in [0.15, 0.2) is 0 Å². The fourth-order valence-corrected chi connectivity index (χ4v) is 2.24. The Bertz CT molecular complexity index is 475. The van der Waals surface area contributed by atoms with Crippen LogP contribution in [-0.4, -0.2) is 54.6 Å². The molecular formula is C16H25FN2O2. The smallest absolute Gasteiger partial charge is 0.336 e. The van der Waals surface area contributed by atoms with Crippen molar-refractivity contribution in [1.29, 1.82) is 0 Å². The molecule has 0 unspecified atom stereocenters. The summed E-state index contributed by atoms with van der Waals surface area (Å²) in [5.41, 5.74) is 0.705. The minimum Gasteiger partial charge on any atom is -0.478 e. The predicted molar refractivity (Wildman–Crippen MR) is 82.0 cm³/mol. The van der Waals surface area contributed by atoms with Gasteiger partial charge in [0.05, 0.1) is 5.56 Å². The molecule has 1 aromatic rings. The first kappa shape index (κ1) is 17.6. The van der Waals surface area contributed by atoms with Crippen molar-refractivity contribution in [2.24, 2.45) is 5.92 Å². The lowest BCUT2D eigenvalue weighted by atomic mass is 10.1. The number of rotatable bonds is 8. The highest BCUT2D eigenvalue weighted by Gasteiger charge is 2.15. The van der Waals surface area contributed by atoms with Crippen LogP contribution in [0.25, 0.3) is 0 Å². The van der Waals surface area contributed by atoms with Crippen molar-refractivity contribution >= 4 is 5.97 Å². The molecule has 1 aromatic carbocycles. The standard InChI is InChI=1S/C16H25FN2O2/c1-12(2)10-19(8-7-18(3)4)11-13-9-14(17)5-6-15(13)16(20)21/h5-6,9,12H,7-8,10-11H2,1-4H3,(H,20,21). The van der Waals surface area contributed by atoms with Gasteiger partial charge in [-0.1, -0.05) is 13.8 Å². The zero-order chi connectivity index (χ0) is 16.0. The highest BCUT2D eigenvalue weighted by Crippen LogP contribution is 2.15. The molecule has 0 amide bonds. The fourth-order valence-electron chi connectivity index (χ4n) is 2.24. The Kier molecular flexibility index (Phi) is 6.78. The molecular weight excluding hydrogens is 271 g/mol. The Balaban J connectivity index is 2.90. The second kappa shape index (κ2) is 8.10. The average molecular weight is 296 g/mol. The molecule has 0 spiro atoms. The second-order valence-corrected chi connectivity index (χ2v) is 6.04. The second-order valence-electron chi connectivity index (χ2n) is 6.04. The van der Waals surface area contributed by atoms with Gasteiger partial charge < -0.3 is 10.0 Å². The van der Waals surface area contributed by atoms with Gasteiger partial charge in [0.1, 0.15) is 5.82 Å². The first-order chi connectivity index (χ1) is 9.79. The number of nitrogens with zero attached hydrogens (tertiary/aromatic N) is 2. The van der Waals surface area contributed by atoms with Gasteiger partial charge in [0.25, 0.3) is 0 Å². The van der Waals surface area contributed by atoms with Gasteiger partial charge in [-0.25, -0.2) is 9.18 Å². The van der Waals surface area contributed by atoms with Crippen LogP contribution in [0.4, 0.5) is 4.39 Å². The van der Waals surface area contributed by atoms with Gasteiger partial charge in [-0.05, 0) is 43.8 Å². The van der Waals surface area contributed by atoms with E-state index in [1.54, 1.807) is 0 Å². The van der Waals surface area contributed by atoms with Crippen LogP contribution in [0, 0.1) is 11.7 Å². The third-order valence-corrected chi connectivity index (χ3v) is 3.18. The van der Waals surface area contributed by atoms with Crippen LogP contribution < -0.4 is 0 Å². The van der Waals surface area contributed by atoms with Crippen LogP contribution in [0.3, 0.4) is 0 Å². The maximum absolute atomic E-state index is 13.4. The van der Waals surface area contributed by atoms with Crippen molar-refractivity contribution in [3.63, 3.8) is 0 Å². The third-order valence-electron chi connectivity index (χ3n) is 3.18. The quantitative estimate of drug-likeness (QED) is 0.800. The number of carbonyl (C=O) groups is 1. The van der Waals surface area contributed by atoms with Crippen molar-refractivity contribution in [2.75, 3.05) is 33.7 Å². The van der Waals surface area contributed by atoms with Crippen LogP contribution in [0.5, 0.6) is 0 Å². The number of halogens is 1. The van der Waals surface area contributed by atoms with E-state index in [0.717, 1.165) is 19.6 Å². The molecule has 0 fully saturated rings. The van der Waals surface area contributed by atoms with Crippen molar-refractivity contribution in [2.45, 2.75) is 20.4 Å². The summed E-state index contributed by atoms with van der Waals surface area (Å²) in [5.74, 6) is -0.941. The molecule has 0 aliphatic carbocycles. The molecule has 21 heavy (non-hydrogen) atoms. The van der Waals surface area contributed by atoms with E-state index in [4.69, 9.17) is 0 Å². The van der Waals surface area contributed by atoms with Gasteiger partial charge in [-0.3, -0.25) is 4.90 Å². The van der Waals surface area contributed by atoms with E-state index in [-0.39, 0.29) is 5.56 Å². The first-order valence-electron chi connectivity index (χ1n) is 7.18. The molecule has 5 heteroatoms. The molecule has 0 atom stereocenters. The Labute approximate surface area is 126 Å². The highest BCUT2D eigenvalue weighted by molar-refractivity contribution is 5.89. The summed E-state index contributed by atoms with van der Waals surface area (Å²) in [7, 11) is 4.00. The van der Waals surface area contributed by atoms with Crippen molar-refractivity contribution in [1.82, 2.24) is 9.80 Å². The summed E-state index contributed by atoms with van der Waals surface area (Å²) in [6.07, 6.45) is 0. The van der Waals surface area contributed by atoms with Crippen LogP contribution in [0.15, 0.2) is 18.2 Å². The lowest BCUT2D eigenvalue weighted by Crippen LogP contribution is -2.34. The van der Waals surface area contributed by atoms with Gasteiger partial charge in [0, 0.05) is 26.2 Å². The molecule has 1 rings (SSSR count). The van der Waals surface area contributed by atoms with Gasteiger partial charge in [-0.2, -0.15) is 0 Å². The molecule has 4 nitrogen and oxygen atoms in total. The Morgan fingerprint density at radius 1 is 1.29 bits per heavy atom. The van der Waals surface area contributed by atoms with E-state index in [1.165, 1.54) is 18.2 Å². The lowest BCUT2D eigenvalue weighted by molar-refractivity contribution is 0.0694. The zero-order valence-corrected chi connectivity index (χ0v) is 13.3. The highest BCUT2D eigenvalue weighted by atomic mass is 19.1. The summed E-state index contributed by atoms with van der Waals surface area (Å²) in [6, 6.07) is 3.86. The average Bonchev–Trinajstić information content (AvgIpc) is 2.35. The van der Waals surface area contributed by atoms with Gasteiger partial charge in [0.2, 0.25) is 0 Å². The molecule has 0 aliphatic rings. The predicted octanol–water partition coefficient (Wildman–Crippen LogP) is 2.54. The molecule has 0 saturated heterocycles. The number of hydrogen-bond donors (Lipinski definition) is 1. The Morgan fingerprint density at radius 3 is 2.48 bits per heavy atom. The lowest BCUT2D eigenvalue weighted by Gasteiger charge is -2.26. The topological polar surface area (TPSA) is 43.8 Å². The van der Waals surface area contributed by atoms with Gasteiger partial charge in [-0.15, -0.1) is 0 Å². The molecule has 0 radical (unpaired) electrons. The SMILES string of the molecule is CC(C)CN(CCN(C)C)Cc1cc(F)ccc1C(=O)O. The molecule has 0 aliphatic heterocycles. The summed E-state index contributed by atoms with van der Waals surface area (Å²) < 4.78 is 13.4. The molecule has 0 heterocycles.